The summed E-state index contributed by atoms with van der Waals surface area (Å²) in [5.74, 6) is 0.265. The first-order valence-corrected chi connectivity index (χ1v) is 6.04. The maximum atomic E-state index is 11.9. The van der Waals surface area contributed by atoms with E-state index in [0.29, 0.717) is 18.0 Å². The second kappa shape index (κ2) is 5.20. The second-order valence-electron chi connectivity index (χ2n) is 4.42. The molecule has 2 rings (SSSR count). The Morgan fingerprint density at radius 1 is 1.61 bits per heavy atom. The van der Waals surface area contributed by atoms with Crippen molar-refractivity contribution in [1.82, 2.24) is 5.16 Å². The molecule has 0 spiro atoms. The van der Waals surface area contributed by atoms with Crippen molar-refractivity contribution >= 4 is 17.7 Å². The van der Waals surface area contributed by atoms with Gasteiger partial charge in [0.15, 0.2) is 11.9 Å². The molecule has 18 heavy (non-hydrogen) atoms. The molecule has 1 atom stereocenters. The smallest absolute Gasteiger partial charge is 0.309 e. The van der Waals surface area contributed by atoms with Crippen molar-refractivity contribution in [3.05, 3.63) is 11.8 Å². The predicted molar refractivity (Wildman–Crippen MR) is 62.8 cm³/mol. The van der Waals surface area contributed by atoms with Crippen LogP contribution in [0.2, 0.25) is 0 Å². The number of rotatable bonds is 5. The monoisotopic (exact) mass is 252 g/mol. The van der Waals surface area contributed by atoms with Crippen LogP contribution < -0.4 is 5.32 Å². The van der Waals surface area contributed by atoms with Gasteiger partial charge in [0.25, 0.3) is 5.91 Å². The minimum Gasteiger partial charge on any atom is -0.452 e. The number of hydrogen-bond donors (Lipinski definition) is 1. The molecule has 0 radical (unpaired) electrons. The normalized spacial score (nSPS) is 16.1. The zero-order valence-electron chi connectivity index (χ0n) is 10.4. The third-order valence-electron chi connectivity index (χ3n) is 2.71. The van der Waals surface area contributed by atoms with Crippen molar-refractivity contribution in [1.29, 1.82) is 0 Å². The number of ether oxygens (including phenoxy) is 1. The lowest BCUT2D eigenvalue weighted by molar-refractivity contribution is -0.155. The molecular weight excluding hydrogens is 236 g/mol. The van der Waals surface area contributed by atoms with Gasteiger partial charge in [0.1, 0.15) is 5.76 Å². The Hall–Kier alpha value is -1.85. The zero-order chi connectivity index (χ0) is 13.1. The highest BCUT2D eigenvalue weighted by atomic mass is 16.5. The van der Waals surface area contributed by atoms with Gasteiger partial charge in [-0.25, -0.2) is 0 Å². The lowest BCUT2D eigenvalue weighted by atomic mass is 10.2. The average molecular weight is 252 g/mol. The molecule has 1 aliphatic carbocycles. The van der Waals surface area contributed by atoms with Gasteiger partial charge in [0.05, 0.1) is 5.92 Å². The third kappa shape index (κ3) is 3.09. The molecule has 1 aliphatic rings. The molecule has 1 amide bonds. The van der Waals surface area contributed by atoms with E-state index in [1.54, 1.807) is 19.9 Å². The summed E-state index contributed by atoms with van der Waals surface area (Å²) in [5, 5.41) is 6.21. The Morgan fingerprint density at radius 2 is 2.33 bits per heavy atom. The SMILES string of the molecule is CC[C@@H](OC(=O)C1CC1)C(=O)Nc1cc(C)on1. The second-order valence-corrected chi connectivity index (χ2v) is 4.42. The van der Waals surface area contributed by atoms with Crippen LogP contribution in [-0.2, 0) is 14.3 Å². The quantitative estimate of drug-likeness (QED) is 0.806. The van der Waals surface area contributed by atoms with E-state index >= 15 is 0 Å². The summed E-state index contributed by atoms with van der Waals surface area (Å²) in [6.07, 6.45) is 1.38. The van der Waals surface area contributed by atoms with Gasteiger partial charge in [-0.1, -0.05) is 12.1 Å². The summed E-state index contributed by atoms with van der Waals surface area (Å²) in [7, 11) is 0. The van der Waals surface area contributed by atoms with E-state index in [2.05, 4.69) is 10.5 Å². The lowest BCUT2D eigenvalue weighted by Gasteiger charge is -2.14. The number of carbonyl (C=O) groups excluding carboxylic acids is 2. The Bertz CT molecular complexity index is 451. The van der Waals surface area contributed by atoms with Gasteiger partial charge in [-0.2, -0.15) is 0 Å². The van der Waals surface area contributed by atoms with Gasteiger partial charge >= 0.3 is 5.97 Å². The molecule has 0 aliphatic heterocycles. The Labute approximate surface area is 105 Å². The molecule has 1 fully saturated rings. The molecule has 1 N–H and O–H groups in total. The average Bonchev–Trinajstić information content (AvgIpc) is 3.11. The fraction of sp³-hybridized carbons (Fsp3) is 0.583. The van der Waals surface area contributed by atoms with Crippen LogP contribution in [0.25, 0.3) is 0 Å². The van der Waals surface area contributed by atoms with Crippen molar-refractivity contribution in [3.63, 3.8) is 0 Å². The van der Waals surface area contributed by atoms with Crippen LogP contribution in [0.1, 0.15) is 31.9 Å². The number of aromatic nitrogens is 1. The number of aryl methyl sites for hydroxylation is 1. The maximum absolute atomic E-state index is 11.9. The van der Waals surface area contributed by atoms with E-state index in [0.717, 1.165) is 12.8 Å². The number of carbonyl (C=O) groups is 2. The van der Waals surface area contributed by atoms with E-state index in [4.69, 9.17) is 9.26 Å². The zero-order valence-corrected chi connectivity index (χ0v) is 10.4. The molecule has 0 aromatic carbocycles. The minimum absolute atomic E-state index is 0.0128. The molecule has 0 saturated heterocycles. The number of esters is 1. The van der Waals surface area contributed by atoms with E-state index in [1.165, 1.54) is 0 Å². The predicted octanol–water partition coefficient (Wildman–Crippen LogP) is 1.65. The van der Waals surface area contributed by atoms with Crippen molar-refractivity contribution in [2.45, 2.75) is 39.2 Å². The fourth-order valence-electron chi connectivity index (χ4n) is 1.51. The summed E-state index contributed by atoms with van der Waals surface area (Å²) in [4.78, 5) is 23.4. The van der Waals surface area contributed by atoms with Gasteiger partial charge in [-0.3, -0.25) is 9.59 Å². The van der Waals surface area contributed by atoms with Crippen molar-refractivity contribution in [3.8, 4) is 0 Å². The minimum atomic E-state index is -0.768. The van der Waals surface area contributed by atoms with E-state index < -0.39 is 6.10 Å². The molecule has 6 nitrogen and oxygen atoms in total. The van der Waals surface area contributed by atoms with Crippen molar-refractivity contribution in [2.24, 2.45) is 5.92 Å². The van der Waals surface area contributed by atoms with E-state index in [-0.39, 0.29) is 17.8 Å². The molecule has 1 aromatic rings. The molecule has 1 heterocycles. The van der Waals surface area contributed by atoms with Crippen LogP contribution in [0.15, 0.2) is 10.6 Å². The lowest BCUT2D eigenvalue weighted by Crippen LogP contribution is -2.32. The standard InChI is InChI=1S/C12H16N2O4/c1-3-9(17-12(16)8-4-5-8)11(15)13-10-6-7(2)18-14-10/h6,8-9H,3-5H2,1-2H3,(H,13,14,15)/t9-/m1/s1. The first kappa shape index (κ1) is 12.6. The fourth-order valence-corrected chi connectivity index (χ4v) is 1.51. The van der Waals surface area contributed by atoms with Gasteiger partial charge in [-0.15, -0.1) is 0 Å². The van der Waals surface area contributed by atoms with Gasteiger partial charge < -0.3 is 14.6 Å². The molecular formula is C12H16N2O4. The van der Waals surface area contributed by atoms with Gasteiger partial charge in [-0.05, 0) is 26.2 Å². The number of nitrogens with one attached hydrogen (secondary N) is 1. The molecule has 1 aromatic heterocycles. The van der Waals surface area contributed by atoms with Crippen LogP contribution in [-0.4, -0.2) is 23.1 Å². The molecule has 0 bridgehead atoms. The van der Waals surface area contributed by atoms with Crippen LogP contribution in [0.3, 0.4) is 0 Å². The largest absolute Gasteiger partial charge is 0.452 e. The Kier molecular flexibility index (Phi) is 3.64. The van der Waals surface area contributed by atoms with E-state index in [1.807, 2.05) is 0 Å². The Morgan fingerprint density at radius 3 is 2.83 bits per heavy atom. The first-order chi connectivity index (χ1) is 8.60. The highest BCUT2D eigenvalue weighted by molar-refractivity contribution is 5.94. The highest BCUT2D eigenvalue weighted by Crippen LogP contribution is 2.30. The van der Waals surface area contributed by atoms with E-state index in [9.17, 15) is 9.59 Å². The van der Waals surface area contributed by atoms with Crippen molar-refractivity contribution in [2.75, 3.05) is 5.32 Å². The summed E-state index contributed by atoms with van der Waals surface area (Å²) in [5.41, 5.74) is 0. The highest BCUT2D eigenvalue weighted by Gasteiger charge is 2.34. The van der Waals surface area contributed by atoms with Crippen molar-refractivity contribution < 1.29 is 18.8 Å². The summed E-state index contributed by atoms with van der Waals surface area (Å²) in [6, 6.07) is 1.60. The van der Waals surface area contributed by atoms with Gasteiger partial charge in [0.2, 0.25) is 0 Å². The first-order valence-electron chi connectivity index (χ1n) is 6.04. The van der Waals surface area contributed by atoms with Gasteiger partial charge in [0, 0.05) is 6.07 Å². The molecule has 98 valence electrons. The summed E-state index contributed by atoms with van der Waals surface area (Å²) >= 11 is 0. The summed E-state index contributed by atoms with van der Waals surface area (Å²) < 4.78 is 9.99. The topological polar surface area (TPSA) is 81.4 Å². The summed E-state index contributed by atoms with van der Waals surface area (Å²) in [6.45, 7) is 3.52. The molecule has 1 saturated carbocycles. The molecule has 0 unspecified atom stereocenters. The molecule has 6 heteroatoms. The van der Waals surface area contributed by atoms with Crippen LogP contribution >= 0.6 is 0 Å². The third-order valence-corrected chi connectivity index (χ3v) is 2.71. The number of hydrogen-bond acceptors (Lipinski definition) is 5. The number of nitrogens with zero attached hydrogens (tertiary/aromatic N) is 1. The number of anilines is 1. The van der Waals surface area contributed by atoms with Crippen LogP contribution in [0.5, 0.6) is 0 Å². The Balaban J connectivity index is 1.90. The van der Waals surface area contributed by atoms with Crippen LogP contribution in [0, 0.1) is 12.8 Å². The van der Waals surface area contributed by atoms with Crippen LogP contribution in [0.4, 0.5) is 5.82 Å². The maximum Gasteiger partial charge on any atom is 0.309 e. The number of amides is 1.